The molecule has 6 heteroatoms. The van der Waals surface area contributed by atoms with Gasteiger partial charge < -0.3 is 15.2 Å². The molecule has 1 N–H and O–H groups in total. The average Bonchev–Trinajstić information content (AvgIpc) is 1.87. The molecule has 3 nitrogen and oxygen atoms in total. The molecule has 12 heavy (non-hydrogen) atoms. The van der Waals surface area contributed by atoms with Gasteiger partial charge in [0, 0.05) is 18.9 Å². The van der Waals surface area contributed by atoms with Crippen molar-refractivity contribution >= 4 is 34.3 Å². The van der Waals surface area contributed by atoms with Crippen LogP contribution in [0.5, 0.6) is 0 Å². The van der Waals surface area contributed by atoms with Crippen molar-refractivity contribution in [3.63, 3.8) is 0 Å². The van der Waals surface area contributed by atoms with E-state index in [1.807, 2.05) is 6.92 Å². The Morgan fingerprint density at radius 2 is 2.25 bits per heavy atom. The van der Waals surface area contributed by atoms with Crippen LogP contribution in [0.2, 0.25) is 0 Å². The second kappa shape index (κ2) is 9.80. The number of thioether (sulfide) groups is 1. The van der Waals surface area contributed by atoms with Crippen LogP contribution in [0, 0.1) is 0 Å². The third-order valence-electron chi connectivity index (χ3n) is 0.874. The van der Waals surface area contributed by atoms with Crippen molar-refractivity contribution in [2.45, 2.75) is 13.3 Å². The van der Waals surface area contributed by atoms with E-state index in [1.165, 1.54) is 11.8 Å². The molecule has 0 amide bonds. The van der Waals surface area contributed by atoms with E-state index in [9.17, 15) is 9.90 Å². The minimum atomic E-state index is -1.05. The first-order valence-corrected chi connectivity index (χ1v) is 4.66. The zero-order chi connectivity index (χ0) is 8.69. The van der Waals surface area contributed by atoms with Crippen molar-refractivity contribution < 1.29 is 39.5 Å². The largest absolute Gasteiger partial charge is 1.00 e. The Bertz CT molecular complexity index is 154. The molecule has 0 atom stereocenters. The van der Waals surface area contributed by atoms with Gasteiger partial charge in [0.15, 0.2) is 0 Å². The van der Waals surface area contributed by atoms with Gasteiger partial charge in [-0.05, 0) is 5.75 Å². The second-order valence-electron chi connectivity index (χ2n) is 1.77. The first kappa shape index (κ1) is 15.2. The van der Waals surface area contributed by atoms with Crippen molar-refractivity contribution in [2.75, 3.05) is 12.3 Å². The number of carboxylic acids is 1. The molecule has 0 aliphatic carbocycles. The predicted molar refractivity (Wildman–Crippen MR) is 48.4 cm³/mol. The van der Waals surface area contributed by atoms with E-state index in [2.05, 4.69) is 5.32 Å². The Morgan fingerprint density at radius 3 is 2.67 bits per heavy atom. The first-order chi connectivity index (χ1) is 5.16. The minimum Gasteiger partial charge on any atom is -0.550 e. The maximum atomic E-state index is 9.94. The van der Waals surface area contributed by atoms with E-state index in [0.29, 0.717) is 10.9 Å². The number of carboxylic acid groups (broad SMARTS) is 1. The van der Waals surface area contributed by atoms with Crippen molar-refractivity contribution in [3.05, 3.63) is 0 Å². The van der Waals surface area contributed by atoms with Gasteiger partial charge >= 0.3 is 29.6 Å². The molecule has 0 saturated carbocycles. The van der Waals surface area contributed by atoms with Gasteiger partial charge in [0.2, 0.25) is 0 Å². The summed E-state index contributed by atoms with van der Waals surface area (Å²) < 4.78 is 0.647. The smallest absolute Gasteiger partial charge is 0.550 e. The molecule has 0 fully saturated rings. The van der Waals surface area contributed by atoms with Crippen LogP contribution in [0.3, 0.4) is 0 Å². The van der Waals surface area contributed by atoms with E-state index >= 15 is 0 Å². The molecule has 0 aromatic carbocycles. The van der Waals surface area contributed by atoms with Crippen LogP contribution in [0.15, 0.2) is 0 Å². The van der Waals surface area contributed by atoms with Crippen LogP contribution in [0.1, 0.15) is 13.3 Å². The summed E-state index contributed by atoms with van der Waals surface area (Å²) in [5.74, 6) is -0.154. The molecule has 0 heterocycles. The fourth-order valence-electron chi connectivity index (χ4n) is 0.449. The summed E-state index contributed by atoms with van der Waals surface area (Å²) >= 11 is 6.33. The molecule has 0 unspecified atom stereocenters. The normalized spacial score (nSPS) is 8.42. The topological polar surface area (TPSA) is 52.2 Å². The number of thiocarbonyl (C=S) groups is 1. The fraction of sp³-hybridized carbons (Fsp3) is 0.667. The second-order valence-corrected chi connectivity index (χ2v) is 3.71. The third kappa shape index (κ3) is 10.7. The summed E-state index contributed by atoms with van der Waals surface area (Å²) in [7, 11) is 0. The summed E-state index contributed by atoms with van der Waals surface area (Å²) in [6.45, 7) is 2.34. The summed E-state index contributed by atoms with van der Waals surface area (Å²) in [6, 6.07) is 0. The first-order valence-electron chi connectivity index (χ1n) is 3.27. The molecule has 0 bridgehead atoms. The van der Waals surface area contributed by atoms with E-state index in [4.69, 9.17) is 12.2 Å². The van der Waals surface area contributed by atoms with Crippen LogP contribution in [-0.2, 0) is 4.79 Å². The standard InChI is InChI=1S/C6H11NO2S2.Na/c1-2-11-6(10)7-4-3-5(8)9;/h2-4H2,1H3,(H,7,10)(H,8,9);/q;+1/p-1. The number of carbonyl (C=O) groups excluding carboxylic acids is 1. The van der Waals surface area contributed by atoms with Crippen molar-refractivity contribution in [1.29, 1.82) is 0 Å². The summed E-state index contributed by atoms with van der Waals surface area (Å²) in [5, 5.41) is 12.7. The van der Waals surface area contributed by atoms with Gasteiger partial charge in [-0.1, -0.05) is 30.9 Å². The molecule has 0 spiro atoms. The summed E-state index contributed by atoms with van der Waals surface area (Å²) in [4.78, 5) is 9.94. The maximum Gasteiger partial charge on any atom is 1.00 e. The van der Waals surface area contributed by atoms with E-state index in [0.717, 1.165) is 5.75 Å². The van der Waals surface area contributed by atoms with Crippen LogP contribution in [-0.4, -0.2) is 22.6 Å². The monoisotopic (exact) mass is 215 g/mol. The van der Waals surface area contributed by atoms with Crippen LogP contribution >= 0.6 is 24.0 Å². The quantitative estimate of drug-likeness (QED) is 0.394. The van der Waals surface area contributed by atoms with Gasteiger partial charge in [0.25, 0.3) is 0 Å². The Balaban J connectivity index is 0. The summed E-state index contributed by atoms with van der Waals surface area (Å²) in [6.07, 6.45) is 0.00438. The number of aliphatic carboxylic acids is 1. The SMILES string of the molecule is CCSC(=S)NCCC(=O)[O-].[Na+]. The molecule has 64 valence electrons. The molecular weight excluding hydrogens is 205 g/mol. The number of hydrogen-bond donors (Lipinski definition) is 1. The van der Waals surface area contributed by atoms with E-state index in [-0.39, 0.29) is 36.0 Å². The van der Waals surface area contributed by atoms with Crippen molar-refractivity contribution in [1.82, 2.24) is 5.32 Å². The van der Waals surface area contributed by atoms with Gasteiger partial charge in [0.05, 0.1) is 0 Å². The van der Waals surface area contributed by atoms with Crippen molar-refractivity contribution in [3.8, 4) is 0 Å². The molecule has 0 aromatic rings. The van der Waals surface area contributed by atoms with Gasteiger partial charge in [-0.3, -0.25) is 0 Å². The van der Waals surface area contributed by atoms with Gasteiger partial charge in [-0.25, -0.2) is 0 Å². The van der Waals surface area contributed by atoms with Gasteiger partial charge in [0.1, 0.15) is 4.32 Å². The minimum absolute atomic E-state index is 0. The molecule has 0 aliphatic rings. The average molecular weight is 215 g/mol. The van der Waals surface area contributed by atoms with Crippen LogP contribution in [0.4, 0.5) is 0 Å². The number of nitrogens with one attached hydrogen (secondary N) is 1. The Morgan fingerprint density at radius 1 is 1.67 bits per heavy atom. The van der Waals surface area contributed by atoms with Gasteiger partial charge in [-0.2, -0.15) is 0 Å². The predicted octanol–water partition coefficient (Wildman–Crippen LogP) is -3.24. The molecule has 0 radical (unpaired) electrons. The molecular formula is C6H10NNaO2S2. The van der Waals surface area contributed by atoms with E-state index < -0.39 is 5.97 Å². The summed E-state index contributed by atoms with van der Waals surface area (Å²) in [5.41, 5.74) is 0. The molecule has 0 aromatic heterocycles. The number of carbonyl (C=O) groups is 1. The van der Waals surface area contributed by atoms with Crippen LogP contribution < -0.4 is 40.0 Å². The maximum absolute atomic E-state index is 9.94. The number of rotatable bonds is 4. The van der Waals surface area contributed by atoms with Crippen LogP contribution in [0.25, 0.3) is 0 Å². The Kier molecular flexibility index (Phi) is 12.4. The molecule has 0 aliphatic heterocycles. The Labute approximate surface area is 104 Å². The third-order valence-corrected chi connectivity index (χ3v) is 2.07. The fourth-order valence-corrected chi connectivity index (χ4v) is 1.37. The number of hydrogen-bond acceptors (Lipinski definition) is 4. The van der Waals surface area contributed by atoms with Crippen molar-refractivity contribution in [2.24, 2.45) is 0 Å². The molecule has 0 rings (SSSR count). The van der Waals surface area contributed by atoms with Gasteiger partial charge in [-0.15, -0.1) is 0 Å². The zero-order valence-corrected chi connectivity index (χ0v) is 10.9. The van der Waals surface area contributed by atoms with E-state index in [1.54, 1.807) is 0 Å². The molecule has 0 saturated heterocycles. The Hall–Kier alpha value is 0.710. The zero-order valence-electron chi connectivity index (χ0n) is 7.25.